The molecule has 0 saturated carbocycles. The fraction of sp³-hybridized carbons (Fsp3) is 0.300. The number of anilines is 1. The number of carbonyl (C=O) groups excluding carboxylic acids is 2. The highest BCUT2D eigenvalue weighted by atomic mass is 32.2. The van der Waals surface area contributed by atoms with Gasteiger partial charge in [0.15, 0.2) is 0 Å². The summed E-state index contributed by atoms with van der Waals surface area (Å²) < 4.78 is 32.9. The average Bonchev–Trinajstić information content (AvgIpc) is 2.68. The molecule has 29 heavy (non-hydrogen) atoms. The Hall–Kier alpha value is -3.07. The summed E-state index contributed by atoms with van der Waals surface area (Å²) >= 11 is 0. The number of methoxy groups -OCH3 is 1. The maximum Gasteiger partial charge on any atom is 0.264 e. The summed E-state index contributed by atoms with van der Waals surface area (Å²) in [5, 5.41) is 2.36. The predicted molar refractivity (Wildman–Crippen MR) is 110 cm³/mol. The topological polar surface area (TPSA) is 119 Å². The zero-order valence-electron chi connectivity index (χ0n) is 16.6. The minimum absolute atomic E-state index is 0.105. The summed E-state index contributed by atoms with van der Waals surface area (Å²) in [6.07, 6.45) is -0.136. The molecule has 0 unspecified atom stereocenters. The first-order valence-corrected chi connectivity index (χ1v) is 10.4. The quantitative estimate of drug-likeness (QED) is 0.638. The second-order valence-electron chi connectivity index (χ2n) is 6.51. The van der Waals surface area contributed by atoms with Gasteiger partial charge in [0.05, 0.1) is 24.2 Å². The summed E-state index contributed by atoms with van der Waals surface area (Å²) in [7, 11) is -2.40. The van der Waals surface area contributed by atoms with E-state index < -0.39 is 21.8 Å². The third-order valence-corrected chi connectivity index (χ3v) is 6.25. The number of benzene rings is 2. The van der Waals surface area contributed by atoms with Crippen LogP contribution in [0.25, 0.3) is 0 Å². The highest BCUT2D eigenvalue weighted by Gasteiger charge is 2.26. The van der Waals surface area contributed by atoms with Gasteiger partial charge in [-0.2, -0.15) is 0 Å². The molecule has 9 heteroatoms. The van der Waals surface area contributed by atoms with Crippen LogP contribution < -0.4 is 20.1 Å². The molecule has 2 aromatic rings. The van der Waals surface area contributed by atoms with E-state index in [0.29, 0.717) is 11.4 Å². The fourth-order valence-electron chi connectivity index (χ4n) is 2.62. The van der Waals surface area contributed by atoms with E-state index >= 15 is 0 Å². The first-order valence-electron chi connectivity index (χ1n) is 8.94. The Morgan fingerprint density at radius 2 is 1.72 bits per heavy atom. The van der Waals surface area contributed by atoms with Crippen LogP contribution in [0.2, 0.25) is 0 Å². The van der Waals surface area contributed by atoms with Crippen molar-refractivity contribution in [1.82, 2.24) is 5.32 Å². The normalized spacial score (nSPS) is 11.0. The van der Waals surface area contributed by atoms with Crippen LogP contribution in [0.3, 0.4) is 0 Å². The Morgan fingerprint density at radius 3 is 2.28 bits per heavy atom. The number of hydrogen-bond donors (Lipinski definition) is 2. The molecule has 156 valence electrons. The van der Waals surface area contributed by atoms with E-state index in [2.05, 4.69) is 5.32 Å². The number of carbonyl (C=O) groups is 2. The van der Waals surface area contributed by atoms with Crippen LogP contribution in [-0.4, -0.2) is 40.4 Å². The molecule has 8 nitrogen and oxygen atoms in total. The average molecular weight is 420 g/mol. The SMILES string of the molecule is COc1ccc(N(CCC(=O)NCC(N)=O)S(=O)(=O)c2ccc(C)c(C)c2)cc1. The van der Waals surface area contributed by atoms with E-state index in [9.17, 15) is 18.0 Å². The van der Waals surface area contributed by atoms with Gasteiger partial charge in [0, 0.05) is 13.0 Å². The molecule has 0 fully saturated rings. The van der Waals surface area contributed by atoms with Gasteiger partial charge >= 0.3 is 0 Å². The monoisotopic (exact) mass is 419 g/mol. The van der Waals surface area contributed by atoms with Crippen molar-refractivity contribution in [3.8, 4) is 5.75 Å². The molecule has 0 saturated heterocycles. The molecular weight excluding hydrogens is 394 g/mol. The van der Waals surface area contributed by atoms with Crippen molar-refractivity contribution in [3.05, 3.63) is 53.6 Å². The van der Waals surface area contributed by atoms with Crippen molar-refractivity contribution in [2.75, 3.05) is 24.5 Å². The van der Waals surface area contributed by atoms with E-state index in [1.54, 1.807) is 42.5 Å². The van der Waals surface area contributed by atoms with Gasteiger partial charge in [0.25, 0.3) is 10.0 Å². The first-order chi connectivity index (χ1) is 13.6. The van der Waals surface area contributed by atoms with Crippen LogP contribution in [-0.2, 0) is 19.6 Å². The number of primary amides is 1. The van der Waals surface area contributed by atoms with Gasteiger partial charge in [-0.15, -0.1) is 0 Å². The Morgan fingerprint density at radius 1 is 1.07 bits per heavy atom. The second-order valence-corrected chi connectivity index (χ2v) is 8.38. The largest absolute Gasteiger partial charge is 0.497 e. The number of nitrogens with one attached hydrogen (secondary N) is 1. The number of sulfonamides is 1. The first kappa shape index (κ1) is 22.2. The maximum absolute atomic E-state index is 13.3. The zero-order chi connectivity index (χ0) is 21.6. The third-order valence-electron chi connectivity index (χ3n) is 4.43. The number of nitrogens with two attached hydrogens (primary N) is 1. The summed E-state index contributed by atoms with van der Waals surface area (Å²) in [6, 6.07) is 11.4. The van der Waals surface area contributed by atoms with E-state index in [1.807, 2.05) is 13.8 Å². The third kappa shape index (κ3) is 5.71. The number of amides is 2. The van der Waals surface area contributed by atoms with Gasteiger partial charge in [-0.25, -0.2) is 8.42 Å². The van der Waals surface area contributed by atoms with Gasteiger partial charge in [-0.3, -0.25) is 13.9 Å². The van der Waals surface area contributed by atoms with Crippen molar-refractivity contribution in [3.63, 3.8) is 0 Å². The second kappa shape index (κ2) is 9.42. The van der Waals surface area contributed by atoms with Crippen LogP contribution in [0.15, 0.2) is 47.4 Å². The molecule has 0 heterocycles. The van der Waals surface area contributed by atoms with E-state index in [1.165, 1.54) is 11.4 Å². The Kier molecular flexibility index (Phi) is 7.22. The molecule has 0 aliphatic rings. The van der Waals surface area contributed by atoms with E-state index in [-0.39, 0.29) is 24.4 Å². The maximum atomic E-state index is 13.3. The van der Waals surface area contributed by atoms with Crippen LogP contribution >= 0.6 is 0 Å². The molecule has 2 aromatic carbocycles. The van der Waals surface area contributed by atoms with Crippen molar-refractivity contribution in [2.45, 2.75) is 25.2 Å². The van der Waals surface area contributed by atoms with Crippen molar-refractivity contribution >= 4 is 27.5 Å². The van der Waals surface area contributed by atoms with Gasteiger partial charge in [0.2, 0.25) is 11.8 Å². The van der Waals surface area contributed by atoms with Crippen molar-refractivity contribution in [2.24, 2.45) is 5.73 Å². The predicted octanol–water partition coefficient (Wildman–Crippen LogP) is 1.50. The molecule has 0 radical (unpaired) electrons. The van der Waals surface area contributed by atoms with E-state index in [0.717, 1.165) is 11.1 Å². The summed E-state index contributed by atoms with van der Waals surface area (Å²) in [5.74, 6) is -0.567. The lowest BCUT2D eigenvalue weighted by Gasteiger charge is -2.25. The number of rotatable bonds is 9. The number of aryl methyl sites for hydroxylation is 2. The number of hydrogen-bond acceptors (Lipinski definition) is 5. The highest BCUT2D eigenvalue weighted by Crippen LogP contribution is 2.27. The van der Waals surface area contributed by atoms with Gasteiger partial charge in [-0.05, 0) is 61.4 Å². The van der Waals surface area contributed by atoms with Crippen molar-refractivity contribution in [1.29, 1.82) is 0 Å². The molecular formula is C20H25N3O5S. The Labute approximate surface area is 170 Å². The van der Waals surface area contributed by atoms with Crippen LogP contribution in [0.5, 0.6) is 5.75 Å². The lowest BCUT2D eigenvalue weighted by atomic mass is 10.1. The lowest BCUT2D eigenvalue weighted by Crippen LogP contribution is -2.37. The lowest BCUT2D eigenvalue weighted by molar-refractivity contribution is -0.124. The highest BCUT2D eigenvalue weighted by molar-refractivity contribution is 7.92. The van der Waals surface area contributed by atoms with Gasteiger partial charge in [0.1, 0.15) is 5.75 Å². The molecule has 2 rings (SSSR count). The Bertz CT molecular complexity index is 988. The standard InChI is InChI=1S/C20H25N3O5S/c1-14-4-9-18(12-15(14)2)29(26,27)23(11-10-20(25)22-13-19(21)24)16-5-7-17(28-3)8-6-16/h4-9,12H,10-11,13H2,1-3H3,(H2,21,24)(H,22,25). The minimum atomic E-state index is -3.92. The van der Waals surface area contributed by atoms with E-state index in [4.69, 9.17) is 10.5 Å². The van der Waals surface area contributed by atoms with Crippen LogP contribution in [0.1, 0.15) is 17.5 Å². The smallest absolute Gasteiger partial charge is 0.264 e. The number of nitrogens with zero attached hydrogens (tertiary/aromatic N) is 1. The van der Waals surface area contributed by atoms with Gasteiger partial charge in [-0.1, -0.05) is 6.07 Å². The molecule has 3 N–H and O–H groups in total. The zero-order valence-corrected chi connectivity index (χ0v) is 17.5. The molecule has 0 aliphatic heterocycles. The molecule has 0 aliphatic carbocycles. The summed E-state index contributed by atoms with van der Waals surface area (Å²) in [6.45, 7) is 3.33. The minimum Gasteiger partial charge on any atom is -0.497 e. The molecule has 2 amide bonds. The van der Waals surface area contributed by atoms with Crippen LogP contribution in [0.4, 0.5) is 5.69 Å². The molecule has 0 spiro atoms. The Balaban J connectivity index is 2.35. The van der Waals surface area contributed by atoms with Crippen molar-refractivity contribution < 1.29 is 22.7 Å². The number of ether oxygens (including phenoxy) is 1. The molecule has 0 bridgehead atoms. The molecule has 0 atom stereocenters. The molecule has 0 aromatic heterocycles. The summed E-state index contributed by atoms with van der Waals surface area (Å²) in [4.78, 5) is 22.9. The van der Waals surface area contributed by atoms with Gasteiger partial charge < -0.3 is 15.8 Å². The summed E-state index contributed by atoms with van der Waals surface area (Å²) in [5.41, 5.74) is 7.23. The van der Waals surface area contributed by atoms with Crippen LogP contribution in [0, 0.1) is 13.8 Å². The fourth-order valence-corrected chi connectivity index (χ4v) is 4.17.